The van der Waals surface area contributed by atoms with Crippen LogP contribution in [0.15, 0.2) is 29.2 Å². The van der Waals surface area contributed by atoms with Gasteiger partial charge in [0.2, 0.25) is 5.91 Å². The fourth-order valence-electron chi connectivity index (χ4n) is 2.45. The number of nitrogens with one attached hydrogen (secondary N) is 1. The van der Waals surface area contributed by atoms with Gasteiger partial charge in [0.1, 0.15) is 0 Å². The molecule has 1 saturated heterocycles. The standard InChI is InChI=1S/C16H23N3O2S/c1-2-10-22-14-7-5-13(6-8-14)18-16(21)19-9-3-4-12(11-19)15(17)20/h5-8,12H,2-4,9-11H2,1H3,(H2,17,20)(H,18,21). The highest BCUT2D eigenvalue weighted by atomic mass is 32.2. The van der Waals surface area contributed by atoms with E-state index in [1.807, 2.05) is 24.3 Å². The Hall–Kier alpha value is -1.69. The van der Waals surface area contributed by atoms with Crippen LogP contribution in [0, 0.1) is 5.92 Å². The maximum Gasteiger partial charge on any atom is 0.321 e. The molecule has 2 rings (SSSR count). The largest absolute Gasteiger partial charge is 0.369 e. The third kappa shape index (κ3) is 4.66. The summed E-state index contributed by atoms with van der Waals surface area (Å²) in [7, 11) is 0. The van der Waals surface area contributed by atoms with Gasteiger partial charge in [-0.25, -0.2) is 4.79 Å². The lowest BCUT2D eigenvalue weighted by Gasteiger charge is -2.31. The molecule has 1 heterocycles. The van der Waals surface area contributed by atoms with Gasteiger partial charge in [-0.05, 0) is 49.3 Å². The van der Waals surface area contributed by atoms with Crippen LogP contribution >= 0.6 is 11.8 Å². The fraction of sp³-hybridized carbons (Fsp3) is 0.500. The SMILES string of the molecule is CCCSc1ccc(NC(=O)N2CCCC(C(N)=O)C2)cc1. The summed E-state index contributed by atoms with van der Waals surface area (Å²) in [4.78, 5) is 26.4. The Bertz CT molecular complexity index is 519. The first kappa shape index (κ1) is 16.7. The monoisotopic (exact) mass is 321 g/mol. The van der Waals surface area contributed by atoms with Crippen molar-refractivity contribution in [2.24, 2.45) is 11.7 Å². The molecule has 0 aromatic heterocycles. The van der Waals surface area contributed by atoms with Gasteiger partial charge < -0.3 is 16.0 Å². The molecule has 5 nitrogen and oxygen atoms in total. The highest BCUT2D eigenvalue weighted by Gasteiger charge is 2.26. The summed E-state index contributed by atoms with van der Waals surface area (Å²) in [6.45, 7) is 3.23. The second kappa shape index (κ2) is 8.08. The summed E-state index contributed by atoms with van der Waals surface area (Å²) in [5, 5.41) is 2.88. The number of likely N-dealkylation sites (tertiary alicyclic amines) is 1. The Morgan fingerprint density at radius 3 is 2.73 bits per heavy atom. The second-order valence-electron chi connectivity index (χ2n) is 5.49. The van der Waals surface area contributed by atoms with Crippen molar-refractivity contribution < 1.29 is 9.59 Å². The quantitative estimate of drug-likeness (QED) is 0.819. The van der Waals surface area contributed by atoms with Crippen LogP contribution in [0.25, 0.3) is 0 Å². The van der Waals surface area contributed by atoms with Crippen molar-refractivity contribution in [3.8, 4) is 0 Å². The van der Waals surface area contributed by atoms with Crippen molar-refractivity contribution in [1.82, 2.24) is 4.90 Å². The molecule has 120 valence electrons. The van der Waals surface area contributed by atoms with E-state index in [1.54, 1.807) is 16.7 Å². The Kier molecular flexibility index (Phi) is 6.12. The van der Waals surface area contributed by atoms with Crippen molar-refractivity contribution in [3.63, 3.8) is 0 Å². The number of hydrogen-bond acceptors (Lipinski definition) is 3. The number of nitrogens with zero attached hydrogens (tertiary/aromatic N) is 1. The summed E-state index contributed by atoms with van der Waals surface area (Å²) in [6, 6.07) is 7.67. The number of amides is 3. The van der Waals surface area contributed by atoms with E-state index in [0.717, 1.165) is 30.7 Å². The number of thioether (sulfide) groups is 1. The fourth-order valence-corrected chi connectivity index (χ4v) is 3.22. The minimum Gasteiger partial charge on any atom is -0.369 e. The molecule has 1 fully saturated rings. The van der Waals surface area contributed by atoms with E-state index >= 15 is 0 Å². The average Bonchev–Trinajstić information content (AvgIpc) is 2.54. The number of carbonyl (C=O) groups is 2. The molecule has 1 atom stereocenters. The van der Waals surface area contributed by atoms with Crippen LogP contribution in [-0.2, 0) is 4.79 Å². The lowest BCUT2D eigenvalue weighted by atomic mass is 9.98. The number of primary amides is 1. The number of anilines is 1. The molecular formula is C16H23N3O2S. The number of rotatable bonds is 5. The number of piperidine rings is 1. The molecule has 0 spiro atoms. The number of urea groups is 1. The first-order valence-electron chi connectivity index (χ1n) is 7.68. The van der Waals surface area contributed by atoms with Crippen molar-refractivity contribution >= 4 is 29.4 Å². The highest BCUT2D eigenvalue weighted by molar-refractivity contribution is 7.99. The molecule has 6 heteroatoms. The molecule has 3 N–H and O–H groups in total. The normalized spacial score (nSPS) is 18.0. The summed E-state index contributed by atoms with van der Waals surface area (Å²) in [6.07, 6.45) is 2.72. The maximum atomic E-state index is 12.3. The lowest BCUT2D eigenvalue weighted by molar-refractivity contribution is -0.123. The van der Waals surface area contributed by atoms with Crippen LogP contribution in [0.3, 0.4) is 0 Å². The topological polar surface area (TPSA) is 75.4 Å². The zero-order valence-corrected chi connectivity index (χ0v) is 13.7. The van der Waals surface area contributed by atoms with Gasteiger partial charge in [0.25, 0.3) is 0 Å². The lowest BCUT2D eigenvalue weighted by Crippen LogP contribution is -2.45. The summed E-state index contributed by atoms with van der Waals surface area (Å²) < 4.78 is 0. The van der Waals surface area contributed by atoms with E-state index in [0.29, 0.717) is 13.1 Å². The number of benzene rings is 1. The number of hydrogen-bond donors (Lipinski definition) is 2. The third-order valence-corrected chi connectivity index (χ3v) is 4.91. The highest BCUT2D eigenvalue weighted by Crippen LogP contribution is 2.22. The van der Waals surface area contributed by atoms with E-state index < -0.39 is 0 Å². The average molecular weight is 321 g/mol. The van der Waals surface area contributed by atoms with E-state index in [9.17, 15) is 9.59 Å². The molecule has 1 unspecified atom stereocenters. The summed E-state index contributed by atoms with van der Waals surface area (Å²) in [5.74, 6) is 0.538. The molecular weight excluding hydrogens is 298 g/mol. The summed E-state index contributed by atoms with van der Waals surface area (Å²) >= 11 is 1.81. The van der Waals surface area contributed by atoms with Gasteiger partial charge in [-0.3, -0.25) is 4.79 Å². The van der Waals surface area contributed by atoms with Crippen LogP contribution in [0.4, 0.5) is 10.5 Å². The molecule has 0 aliphatic carbocycles. The zero-order valence-electron chi connectivity index (χ0n) is 12.9. The van der Waals surface area contributed by atoms with Crippen molar-refractivity contribution in [3.05, 3.63) is 24.3 Å². The molecule has 0 bridgehead atoms. The van der Waals surface area contributed by atoms with E-state index in [-0.39, 0.29) is 17.9 Å². The molecule has 1 aliphatic heterocycles. The van der Waals surface area contributed by atoms with Gasteiger partial charge in [0.05, 0.1) is 5.92 Å². The van der Waals surface area contributed by atoms with Crippen LogP contribution in [0.2, 0.25) is 0 Å². The van der Waals surface area contributed by atoms with Crippen molar-refractivity contribution in [2.75, 3.05) is 24.2 Å². The predicted molar refractivity (Wildman–Crippen MR) is 90.0 cm³/mol. The van der Waals surface area contributed by atoms with Gasteiger partial charge in [-0.2, -0.15) is 0 Å². The summed E-state index contributed by atoms with van der Waals surface area (Å²) in [5.41, 5.74) is 6.11. The second-order valence-corrected chi connectivity index (χ2v) is 6.66. The zero-order chi connectivity index (χ0) is 15.9. The number of nitrogens with two attached hydrogens (primary N) is 1. The van der Waals surface area contributed by atoms with Crippen molar-refractivity contribution in [1.29, 1.82) is 0 Å². The first-order valence-corrected chi connectivity index (χ1v) is 8.67. The molecule has 1 aliphatic rings. The molecule has 0 radical (unpaired) electrons. The van der Waals surface area contributed by atoms with Crippen LogP contribution < -0.4 is 11.1 Å². The van der Waals surface area contributed by atoms with Gasteiger partial charge >= 0.3 is 6.03 Å². The minimum atomic E-state index is -0.324. The maximum absolute atomic E-state index is 12.3. The van der Waals surface area contributed by atoms with Crippen LogP contribution in [-0.4, -0.2) is 35.7 Å². The molecule has 3 amide bonds. The van der Waals surface area contributed by atoms with E-state index in [1.165, 1.54) is 4.90 Å². The van der Waals surface area contributed by atoms with Gasteiger partial charge in [0.15, 0.2) is 0 Å². The van der Waals surface area contributed by atoms with Crippen molar-refractivity contribution in [2.45, 2.75) is 31.1 Å². The Balaban J connectivity index is 1.89. The van der Waals surface area contributed by atoms with Gasteiger partial charge in [0, 0.05) is 23.7 Å². The minimum absolute atomic E-state index is 0.167. The molecule has 22 heavy (non-hydrogen) atoms. The molecule has 1 aromatic carbocycles. The third-order valence-electron chi connectivity index (χ3n) is 3.69. The van der Waals surface area contributed by atoms with Gasteiger partial charge in [-0.15, -0.1) is 11.8 Å². The predicted octanol–water partition coefficient (Wildman–Crippen LogP) is 2.92. The van der Waals surface area contributed by atoms with Crippen LogP contribution in [0.5, 0.6) is 0 Å². The van der Waals surface area contributed by atoms with E-state index in [4.69, 9.17) is 5.73 Å². The number of carbonyl (C=O) groups excluding carboxylic acids is 2. The molecule has 1 aromatic rings. The van der Waals surface area contributed by atoms with E-state index in [2.05, 4.69) is 12.2 Å². The molecule has 0 saturated carbocycles. The smallest absolute Gasteiger partial charge is 0.321 e. The Morgan fingerprint density at radius 2 is 2.09 bits per heavy atom. The Labute approximate surface area is 135 Å². The van der Waals surface area contributed by atoms with Gasteiger partial charge in [-0.1, -0.05) is 6.92 Å². The Morgan fingerprint density at radius 1 is 1.36 bits per heavy atom. The first-order chi connectivity index (χ1) is 10.6. The van der Waals surface area contributed by atoms with Crippen LogP contribution in [0.1, 0.15) is 26.2 Å².